The SMILES string of the molecule is Cc1ccc(/C=C/C(=O)c2ccc(OCC(=O)N(C)C)cc2)c(C)c1. The molecule has 2 aromatic carbocycles. The van der Waals surface area contributed by atoms with Crippen LogP contribution in [0.5, 0.6) is 5.75 Å². The maximum Gasteiger partial charge on any atom is 0.259 e. The zero-order valence-electron chi connectivity index (χ0n) is 15.1. The van der Waals surface area contributed by atoms with Crippen LogP contribution in [0.1, 0.15) is 27.0 Å². The van der Waals surface area contributed by atoms with Gasteiger partial charge in [0.15, 0.2) is 12.4 Å². The van der Waals surface area contributed by atoms with E-state index in [9.17, 15) is 9.59 Å². The van der Waals surface area contributed by atoms with E-state index in [0.29, 0.717) is 11.3 Å². The Hall–Kier alpha value is -2.88. The van der Waals surface area contributed by atoms with E-state index in [1.807, 2.05) is 32.1 Å². The summed E-state index contributed by atoms with van der Waals surface area (Å²) in [7, 11) is 3.35. The summed E-state index contributed by atoms with van der Waals surface area (Å²) in [5, 5.41) is 0. The second kappa shape index (κ2) is 8.29. The summed E-state index contributed by atoms with van der Waals surface area (Å²) in [6, 6.07) is 12.9. The molecule has 0 atom stereocenters. The van der Waals surface area contributed by atoms with E-state index in [4.69, 9.17) is 4.74 Å². The molecule has 0 saturated carbocycles. The average molecular weight is 337 g/mol. The molecular weight excluding hydrogens is 314 g/mol. The second-order valence-electron chi connectivity index (χ2n) is 6.16. The third-order valence-corrected chi connectivity index (χ3v) is 3.84. The first-order valence-corrected chi connectivity index (χ1v) is 8.09. The number of allylic oxidation sites excluding steroid dienone is 1. The number of ketones is 1. The van der Waals surface area contributed by atoms with E-state index in [1.165, 1.54) is 10.5 Å². The van der Waals surface area contributed by atoms with Gasteiger partial charge in [-0.1, -0.05) is 29.8 Å². The highest BCUT2D eigenvalue weighted by molar-refractivity contribution is 6.06. The Labute approximate surface area is 148 Å². The Morgan fingerprint density at radius 2 is 1.72 bits per heavy atom. The Balaban J connectivity index is 2.00. The van der Waals surface area contributed by atoms with Gasteiger partial charge >= 0.3 is 0 Å². The summed E-state index contributed by atoms with van der Waals surface area (Å²) in [6.07, 6.45) is 3.40. The maximum absolute atomic E-state index is 12.3. The Morgan fingerprint density at radius 3 is 2.32 bits per heavy atom. The van der Waals surface area contributed by atoms with Gasteiger partial charge in [0, 0.05) is 19.7 Å². The van der Waals surface area contributed by atoms with Gasteiger partial charge in [-0.25, -0.2) is 0 Å². The van der Waals surface area contributed by atoms with Crippen molar-refractivity contribution in [2.45, 2.75) is 13.8 Å². The molecule has 0 fully saturated rings. The highest BCUT2D eigenvalue weighted by Gasteiger charge is 2.06. The first-order chi connectivity index (χ1) is 11.9. The number of aryl methyl sites for hydroxylation is 2. The smallest absolute Gasteiger partial charge is 0.259 e. The molecule has 130 valence electrons. The van der Waals surface area contributed by atoms with Gasteiger partial charge in [0.05, 0.1) is 0 Å². The number of benzene rings is 2. The molecule has 0 aliphatic carbocycles. The zero-order valence-corrected chi connectivity index (χ0v) is 15.1. The van der Waals surface area contributed by atoms with Gasteiger partial charge in [0.2, 0.25) is 0 Å². The number of nitrogens with zero attached hydrogens (tertiary/aromatic N) is 1. The zero-order chi connectivity index (χ0) is 18.4. The monoisotopic (exact) mass is 337 g/mol. The molecule has 0 unspecified atom stereocenters. The molecule has 4 heteroatoms. The van der Waals surface area contributed by atoms with Crippen molar-refractivity contribution in [1.82, 2.24) is 4.90 Å². The molecule has 2 rings (SSSR count). The van der Waals surface area contributed by atoms with Gasteiger partial charge in [-0.3, -0.25) is 9.59 Å². The fourth-order valence-electron chi connectivity index (χ4n) is 2.26. The van der Waals surface area contributed by atoms with Crippen LogP contribution in [-0.2, 0) is 4.79 Å². The van der Waals surface area contributed by atoms with Crippen molar-refractivity contribution in [2.75, 3.05) is 20.7 Å². The van der Waals surface area contributed by atoms with Crippen LogP contribution in [0.2, 0.25) is 0 Å². The molecule has 25 heavy (non-hydrogen) atoms. The van der Waals surface area contributed by atoms with Crippen LogP contribution in [0.15, 0.2) is 48.5 Å². The first kappa shape index (κ1) is 18.5. The predicted octanol–water partition coefficient (Wildman–Crippen LogP) is 3.67. The lowest BCUT2D eigenvalue weighted by Gasteiger charge is -2.11. The van der Waals surface area contributed by atoms with Gasteiger partial charge in [0.1, 0.15) is 5.75 Å². The molecule has 0 spiro atoms. The van der Waals surface area contributed by atoms with E-state index in [1.54, 1.807) is 44.4 Å². The van der Waals surface area contributed by atoms with Crippen molar-refractivity contribution in [3.05, 3.63) is 70.8 Å². The molecule has 1 amide bonds. The summed E-state index contributed by atoms with van der Waals surface area (Å²) in [6.45, 7) is 4.05. The van der Waals surface area contributed by atoms with Crippen molar-refractivity contribution in [3.8, 4) is 5.75 Å². The minimum Gasteiger partial charge on any atom is -0.484 e. The quantitative estimate of drug-likeness (QED) is 0.597. The normalized spacial score (nSPS) is 10.7. The minimum absolute atomic E-state index is 0.0209. The van der Waals surface area contributed by atoms with Crippen LogP contribution >= 0.6 is 0 Å². The van der Waals surface area contributed by atoms with Gasteiger partial charge in [-0.05, 0) is 55.3 Å². The van der Waals surface area contributed by atoms with Gasteiger partial charge in [-0.15, -0.1) is 0 Å². The first-order valence-electron chi connectivity index (χ1n) is 8.09. The van der Waals surface area contributed by atoms with Crippen molar-refractivity contribution in [3.63, 3.8) is 0 Å². The summed E-state index contributed by atoms with van der Waals surface area (Å²) < 4.78 is 5.40. The topological polar surface area (TPSA) is 46.6 Å². The molecule has 4 nitrogen and oxygen atoms in total. The van der Waals surface area contributed by atoms with Gasteiger partial charge < -0.3 is 9.64 Å². The van der Waals surface area contributed by atoms with E-state index < -0.39 is 0 Å². The highest BCUT2D eigenvalue weighted by atomic mass is 16.5. The number of hydrogen-bond acceptors (Lipinski definition) is 3. The molecular formula is C21H23NO3. The summed E-state index contributed by atoms with van der Waals surface area (Å²) in [5.74, 6) is 0.373. The van der Waals surface area contributed by atoms with Crippen molar-refractivity contribution in [1.29, 1.82) is 0 Å². The number of ether oxygens (including phenoxy) is 1. The van der Waals surface area contributed by atoms with Crippen LogP contribution in [0.4, 0.5) is 0 Å². The van der Waals surface area contributed by atoms with Gasteiger partial charge in [-0.2, -0.15) is 0 Å². The van der Waals surface area contributed by atoms with E-state index in [2.05, 4.69) is 6.07 Å². The molecule has 0 aliphatic rings. The molecule has 0 aromatic heterocycles. The molecule has 0 N–H and O–H groups in total. The fourth-order valence-corrected chi connectivity index (χ4v) is 2.26. The summed E-state index contributed by atoms with van der Waals surface area (Å²) in [5.41, 5.74) is 3.94. The number of hydrogen-bond donors (Lipinski definition) is 0. The predicted molar refractivity (Wildman–Crippen MR) is 99.9 cm³/mol. The molecule has 0 heterocycles. The van der Waals surface area contributed by atoms with Crippen molar-refractivity contribution < 1.29 is 14.3 Å². The van der Waals surface area contributed by atoms with Crippen LogP contribution in [0, 0.1) is 13.8 Å². The van der Waals surface area contributed by atoms with Crippen LogP contribution in [0.3, 0.4) is 0 Å². The molecule has 0 radical (unpaired) electrons. The molecule has 0 aliphatic heterocycles. The summed E-state index contributed by atoms with van der Waals surface area (Å²) >= 11 is 0. The number of carbonyl (C=O) groups excluding carboxylic acids is 2. The standard InChI is InChI=1S/C21H23NO3/c1-15-5-6-17(16(2)13-15)9-12-20(23)18-7-10-19(11-8-18)25-14-21(24)22(3)4/h5-13H,14H2,1-4H3/b12-9+. The van der Waals surface area contributed by atoms with Crippen LogP contribution in [0.25, 0.3) is 6.08 Å². The van der Waals surface area contributed by atoms with E-state index in [-0.39, 0.29) is 18.3 Å². The number of likely N-dealkylation sites (N-methyl/N-ethyl adjacent to an activating group) is 1. The number of amides is 1. The number of rotatable bonds is 6. The Bertz CT molecular complexity index is 789. The third kappa shape index (κ3) is 5.31. The third-order valence-electron chi connectivity index (χ3n) is 3.84. The second-order valence-corrected chi connectivity index (χ2v) is 6.16. The van der Waals surface area contributed by atoms with Crippen LogP contribution < -0.4 is 4.74 Å². The fraction of sp³-hybridized carbons (Fsp3) is 0.238. The van der Waals surface area contributed by atoms with E-state index in [0.717, 1.165) is 11.1 Å². The van der Waals surface area contributed by atoms with Crippen molar-refractivity contribution in [2.24, 2.45) is 0 Å². The minimum atomic E-state index is -0.114. The molecule has 2 aromatic rings. The average Bonchev–Trinajstić information content (AvgIpc) is 2.59. The van der Waals surface area contributed by atoms with Crippen molar-refractivity contribution >= 4 is 17.8 Å². The lowest BCUT2D eigenvalue weighted by Crippen LogP contribution is -2.27. The Morgan fingerprint density at radius 1 is 1.04 bits per heavy atom. The Kier molecular flexibility index (Phi) is 6.12. The van der Waals surface area contributed by atoms with E-state index >= 15 is 0 Å². The lowest BCUT2D eigenvalue weighted by molar-refractivity contribution is -0.130. The molecule has 0 saturated heterocycles. The molecule has 0 bridgehead atoms. The van der Waals surface area contributed by atoms with Gasteiger partial charge in [0.25, 0.3) is 5.91 Å². The lowest BCUT2D eigenvalue weighted by atomic mass is 10.0. The maximum atomic E-state index is 12.3. The highest BCUT2D eigenvalue weighted by Crippen LogP contribution is 2.15. The number of carbonyl (C=O) groups is 2. The largest absolute Gasteiger partial charge is 0.484 e. The summed E-state index contributed by atoms with van der Waals surface area (Å²) in [4.78, 5) is 25.2. The van der Waals surface area contributed by atoms with Crippen LogP contribution in [-0.4, -0.2) is 37.3 Å².